The molecule has 3 rings (SSSR count). The number of halogens is 1. The van der Waals surface area contributed by atoms with Crippen LogP contribution in [0.2, 0.25) is 5.02 Å². The number of nitrogens with zero attached hydrogens (tertiary/aromatic N) is 1. The number of rotatable bonds is 2. The largest absolute Gasteiger partial charge is 0.443 e. The summed E-state index contributed by atoms with van der Waals surface area (Å²) < 4.78 is 5.37. The first-order valence-corrected chi connectivity index (χ1v) is 5.97. The fraction of sp³-hybridized carbons (Fsp3) is 0. The Balaban J connectivity index is 2.22. The summed E-state index contributed by atoms with van der Waals surface area (Å²) in [6, 6.07) is 15.8. The van der Waals surface area contributed by atoms with Crippen LogP contribution in [0.3, 0.4) is 0 Å². The lowest BCUT2D eigenvalue weighted by Gasteiger charge is -2.08. The molecule has 0 aliphatic carbocycles. The summed E-state index contributed by atoms with van der Waals surface area (Å²) in [6.07, 6.45) is 3.13. The summed E-state index contributed by atoms with van der Waals surface area (Å²) >= 11 is 6.25. The minimum atomic E-state index is 0.726. The highest BCUT2D eigenvalue weighted by Gasteiger charge is 2.11. The second-order valence-electron chi connectivity index (χ2n) is 3.89. The minimum Gasteiger partial charge on any atom is -0.443 e. The first-order chi connectivity index (χ1) is 8.86. The highest BCUT2D eigenvalue weighted by atomic mass is 35.5. The molecule has 0 amide bonds. The molecule has 0 aliphatic heterocycles. The predicted molar refractivity (Wildman–Crippen MR) is 72.4 cm³/mol. The normalized spacial score (nSPS) is 10.5. The van der Waals surface area contributed by atoms with E-state index < -0.39 is 0 Å². The van der Waals surface area contributed by atoms with Crippen LogP contribution in [0.1, 0.15) is 0 Å². The lowest BCUT2D eigenvalue weighted by atomic mass is 9.98. The zero-order valence-electron chi connectivity index (χ0n) is 9.51. The number of hydrogen-bond acceptors (Lipinski definition) is 2. The van der Waals surface area contributed by atoms with E-state index in [1.165, 1.54) is 6.39 Å². The standard InChI is InChI=1S/C15H10ClNO/c16-14-8-4-3-6-12(14)11-5-1-2-7-13(11)15-9-17-10-18-15/h1-10H. The highest BCUT2D eigenvalue weighted by Crippen LogP contribution is 2.35. The van der Waals surface area contributed by atoms with E-state index in [0.717, 1.165) is 27.5 Å². The highest BCUT2D eigenvalue weighted by molar-refractivity contribution is 6.33. The average Bonchev–Trinajstić information content (AvgIpc) is 2.93. The van der Waals surface area contributed by atoms with E-state index in [1.54, 1.807) is 6.20 Å². The molecule has 0 spiro atoms. The molecule has 0 saturated heterocycles. The van der Waals surface area contributed by atoms with Gasteiger partial charge in [0, 0.05) is 16.1 Å². The van der Waals surface area contributed by atoms with E-state index >= 15 is 0 Å². The maximum absolute atomic E-state index is 6.25. The van der Waals surface area contributed by atoms with E-state index in [9.17, 15) is 0 Å². The van der Waals surface area contributed by atoms with Gasteiger partial charge in [-0.15, -0.1) is 0 Å². The molecule has 0 fully saturated rings. The Morgan fingerprint density at radius 3 is 2.17 bits per heavy atom. The van der Waals surface area contributed by atoms with Gasteiger partial charge in [0.2, 0.25) is 0 Å². The molecule has 0 atom stereocenters. The Morgan fingerprint density at radius 2 is 1.50 bits per heavy atom. The van der Waals surface area contributed by atoms with Gasteiger partial charge < -0.3 is 4.42 Å². The van der Waals surface area contributed by atoms with Crippen LogP contribution in [0.15, 0.2) is 65.5 Å². The first kappa shape index (κ1) is 11.1. The number of benzene rings is 2. The molecule has 3 aromatic rings. The first-order valence-electron chi connectivity index (χ1n) is 5.59. The van der Waals surface area contributed by atoms with Crippen molar-refractivity contribution >= 4 is 11.6 Å². The Kier molecular flexibility index (Phi) is 2.87. The zero-order chi connectivity index (χ0) is 12.4. The summed E-state index contributed by atoms with van der Waals surface area (Å²) in [5.41, 5.74) is 3.02. The van der Waals surface area contributed by atoms with Gasteiger partial charge in [-0.3, -0.25) is 0 Å². The molecule has 2 nitrogen and oxygen atoms in total. The SMILES string of the molecule is Clc1ccccc1-c1ccccc1-c1cnco1. The molecule has 1 heterocycles. The lowest BCUT2D eigenvalue weighted by molar-refractivity contribution is 0.572. The van der Waals surface area contributed by atoms with E-state index in [1.807, 2.05) is 48.5 Å². The summed E-state index contributed by atoms with van der Waals surface area (Å²) in [6.45, 7) is 0. The number of oxazole rings is 1. The summed E-state index contributed by atoms with van der Waals surface area (Å²) in [5.74, 6) is 0.741. The van der Waals surface area contributed by atoms with Crippen molar-refractivity contribution in [3.63, 3.8) is 0 Å². The van der Waals surface area contributed by atoms with Gasteiger partial charge in [0.1, 0.15) is 0 Å². The van der Waals surface area contributed by atoms with Crippen LogP contribution in [0, 0.1) is 0 Å². The molecule has 0 unspecified atom stereocenters. The average molecular weight is 256 g/mol. The van der Waals surface area contributed by atoms with E-state index in [-0.39, 0.29) is 0 Å². The lowest BCUT2D eigenvalue weighted by Crippen LogP contribution is -1.84. The monoisotopic (exact) mass is 255 g/mol. The Morgan fingerprint density at radius 1 is 0.833 bits per heavy atom. The molecular formula is C15H10ClNO. The fourth-order valence-electron chi connectivity index (χ4n) is 1.96. The van der Waals surface area contributed by atoms with Gasteiger partial charge in [-0.2, -0.15) is 0 Å². The number of hydrogen-bond donors (Lipinski definition) is 0. The summed E-state index contributed by atoms with van der Waals surface area (Å²) in [5, 5.41) is 0.726. The van der Waals surface area contributed by atoms with Gasteiger partial charge in [0.05, 0.1) is 6.20 Å². The Labute approximate surface area is 110 Å². The molecule has 0 radical (unpaired) electrons. The van der Waals surface area contributed by atoms with Crippen LogP contribution in [0.5, 0.6) is 0 Å². The summed E-state index contributed by atoms with van der Waals surface area (Å²) in [4.78, 5) is 3.96. The van der Waals surface area contributed by atoms with Gasteiger partial charge >= 0.3 is 0 Å². The van der Waals surface area contributed by atoms with Gasteiger partial charge in [0.15, 0.2) is 12.2 Å². The van der Waals surface area contributed by atoms with E-state index in [2.05, 4.69) is 4.98 Å². The van der Waals surface area contributed by atoms with E-state index in [4.69, 9.17) is 16.0 Å². The van der Waals surface area contributed by atoms with Gasteiger partial charge in [-0.05, 0) is 11.6 Å². The van der Waals surface area contributed by atoms with Crippen molar-refractivity contribution in [2.75, 3.05) is 0 Å². The Bertz CT molecular complexity index is 662. The Hall–Kier alpha value is -2.06. The van der Waals surface area contributed by atoms with Crippen molar-refractivity contribution < 1.29 is 4.42 Å². The molecule has 88 valence electrons. The van der Waals surface area contributed by atoms with Gasteiger partial charge in [-0.25, -0.2) is 4.98 Å². The van der Waals surface area contributed by atoms with Crippen molar-refractivity contribution in [1.29, 1.82) is 0 Å². The summed E-state index contributed by atoms with van der Waals surface area (Å²) in [7, 11) is 0. The molecule has 0 saturated carbocycles. The topological polar surface area (TPSA) is 26.0 Å². The molecule has 18 heavy (non-hydrogen) atoms. The van der Waals surface area contributed by atoms with Crippen molar-refractivity contribution in [2.24, 2.45) is 0 Å². The van der Waals surface area contributed by atoms with Crippen molar-refractivity contribution in [1.82, 2.24) is 4.98 Å². The predicted octanol–water partition coefficient (Wildman–Crippen LogP) is 4.66. The maximum atomic E-state index is 6.25. The quantitative estimate of drug-likeness (QED) is 0.665. The van der Waals surface area contributed by atoms with Crippen molar-refractivity contribution in [3.05, 3.63) is 66.1 Å². The van der Waals surface area contributed by atoms with Crippen LogP contribution >= 0.6 is 11.6 Å². The number of aromatic nitrogens is 1. The van der Waals surface area contributed by atoms with Crippen LogP contribution in [0.4, 0.5) is 0 Å². The third kappa shape index (κ3) is 1.91. The maximum Gasteiger partial charge on any atom is 0.181 e. The molecule has 0 bridgehead atoms. The molecule has 1 aromatic heterocycles. The van der Waals surface area contributed by atoms with Crippen LogP contribution in [-0.2, 0) is 0 Å². The minimum absolute atomic E-state index is 0.726. The smallest absolute Gasteiger partial charge is 0.181 e. The molecule has 0 aliphatic rings. The molecule has 2 aromatic carbocycles. The van der Waals surface area contributed by atoms with E-state index in [0.29, 0.717) is 0 Å². The molecule has 3 heteroatoms. The molecule has 0 N–H and O–H groups in total. The second kappa shape index (κ2) is 4.67. The van der Waals surface area contributed by atoms with Crippen molar-refractivity contribution in [2.45, 2.75) is 0 Å². The molecular weight excluding hydrogens is 246 g/mol. The third-order valence-electron chi connectivity index (χ3n) is 2.79. The van der Waals surface area contributed by atoms with Crippen LogP contribution in [-0.4, -0.2) is 4.98 Å². The fourth-order valence-corrected chi connectivity index (χ4v) is 2.20. The zero-order valence-corrected chi connectivity index (χ0v) is 10.3. The van der Waals surface area contributed by atoms with Gasteiger partial charge in [0.25, 0.3) is 0 Å². The van der Waals surface area contributed by atoms with Crippen molar-refractivity contribution in [3.8, 4) is 22.5 Å². The van der Waals surface area contributed by atoms with Crippen LogP contribution < -0.4 is 0 Å². The second-order valence-corrected chi connectivity index (χ2v) is 4.30. The van der Waals surface area contributed by atoms with Gasteiger partial charge in [-0.1, -0.05) is 54.1 Å². The van der Waals surface area contributed by atoms with Crippen LogP contribution in [0.25, 0.3) is 22.5 Å². The third-order valence-corrected chi connectivity index (χ3v) is 3.12.